The Morgan fingerprint density at radius 1 is 1.09 bits per heavy atom. The summed E-state index contributed by atoms with van der Waals surface area (Å²) in [4.78, 5) is 2.41. The molecule has 4 atom stereocenters. The van der Waals surface area contributed by atoms with Gasteiger partial charge in [-0.2, -0.15) is 0 Å². The number of benzene rings is 1. The predicted molar refractivity (Wildman–Crippen MR) is 102 cm³/mol. The molecule has 2 aliphatic rings. The maximum atomic E-state index is 2.44. The SMILES string of the molecule is CN(C)CC1CC(C(C)(C)C)CC2c3ccccc3CCC12.Cl. The molecule has 2 aliphatic carbocycles. The first-order chi connectivity index (χ1) is 10.4. The second-order valence-corrected chi connectivity index (χ2v) is 9.06. The van der Waals surface area contributed by atoms with E-state index in [9.17, 15) is 0 Å². The van der Waals surface area contributed by atoms with Crippen LogP contribution in [0.15, 0.2) is 24.3 Å². The van der Waals surface area contributed by atoms with Crippen molar-refractivity contribution in [3.63, 3.8) is 0 Å². The first kappa shape index (κ1) is 18.8. The average Bonchev–Trinajstić information content (AvgIpc) is 2.45. The molecule has 3 rings (SSSR count). The maximum Gasteiger partial charge on any atom is 0.000653 e. The van der Waals surface area contributed by atoms with Gasteiger partial charge in [-0.05, 0) is 80.0 Å². The van der Waals surface area contributed by atoms with Crippen molar-refractivity contribution in [2.45, 2.75) is 52.4 Å². The summed E-state index contributed by atoms with van der Waals surface area (Å²) in [5, 5.41) is 0. The summed E-state index contributed by atoms with van der Waals surface area (Å²) >= 11 is 0. The molecular weight excluding hydrogens is 302 g/mol. The minimum Gasteiger partial charge on any atom is -0.309 e. The van der Waals surface area contributed by atoms with E-state index >= 15 is 0 Å². The van der Waals surface area contributed by atoms with Gasteiger partial charge in [0.25, 0.3) is 0 Å². The lowest BCUT2D eigenvalue weighted by molar-refractivity contribution is 0.0556. The second kappa shape index (κ2) is 7.15. The molecule has 0 radical (unpaired) electrons. The van der Waals surface area contributed by atoms with Crippen molar-refractivity contribution >= 4 is 12.4 Å². The topological polar surface area (TPSA) is 3.24 Å². The summed E-state index contributed by atoms with van der Waals surface area (Å²) < 4.78 is 0. The molecular formula is C21H34ClN. The molecule has 1 aromatic carbocycles. The van der Waals surface area contributed by atoms with Crippen LogP contribution in [0.3, 0.4) is 0 Å². The van der Waals surface area contributed by atoms with Gasteiger partial charge in [0, 0.05) is 6.54 Å². The standard InChI is InChI=1S/C21H33N.ClH/c1-21(2,3)17-12-16(14-22(4)5)19-11-10-15-8-6-7-9-18(15)20(19)13-17;/h6-9,16-17,19-20H,10-14H2,1-5H3;1H. The summed E-state index contributed by atoms with van der Waals surface area (Å²) in [5.41, 5.74) is 3.74. The highest BCUT2D eigenvalue weighted by Gasteiger charge is 2.43. The van der Waals surface area contributed by atoms with Crippen molar-refractivity contribution < 1.29 is 0 Å². The fourth-order valence-electron chi connectivity index (χ4n) is 5.07. The second-order valence-electron chi connectivity index (χ2n) is 9.06. The molecule has 0 bridgehead atoms. The third-order valence-electron chi connectivity index (χ3n) is 6.27. The van der Waals surface area contributed by atoms with E-state index in [2.05, 4.69) is 64.0 Å². The van der Waals surface area contributed by atoms with Crippen LogP contribution in [-0.2, 0) is 6.42 Å². The molecule has 23 heavy (non-hydrogen) atoms. The normalized spacial score (nSPS) is 30.3. The molecule has 4 unspecified atom stereocenters. The summed E-state index contributed by atoms with van der Waals surface area (Å²) in [6, 6.07) is 9.26. The third kappa shape index (κ3) is 3.94. The smallest absolute Gasteiger partial charge is 0.000653 e. The highest BCUT2D eigenvalue weighted by Crippen LogP contribution is 2.53. The van der Waals surface area contributed by atoms with Gasteiger partial charge in [0.15, 0.2) is 0 Å². The van der Waals surface area contributed by atoms with E-state index in [0.29, 0.717) is 5.41 Å². The van der Waals surface area contributed by atoms with Gasteiger partial charge in [-0.25, -0.2) is 0 Å². The van der Waals surface area contributed by atoms with E-state index in [0.717, 1.165) is 23.7 Å². The van der Waals surface area contributed by atoms with E-state index < -0.39 is 0 Å². The van der Waals surface area contributed by atoms with Gasteiger partial charge in [-0.1, -0.05) is 45.0 Å². The Morgan fingerprint density at radius 2 is 1.78 bits per heavy atom. The first-order valence-corrected chi connectivity index (χ1v) is 9.09. The minimum absolute atomic E-state index is 0. The van der Waals surface area contributed by atoms with Gasteiger partial charge < -0.3 is 4.90 Å². The molecule has 0 heterocycles. The Kier molecular flexibility index (Phi) is 5.85. The molecule has 0 saturated heterocycles. The van der Waals surface area contributed by atoms with Crippen LogP contribution in [0.4, 0.5) is 0 Å². The number of halogens is 1. The van der Waals surface area contributed by atoms with E-state index in [1.165, 1.54) is 32.2 Å². The van der Waals surface area contributed by atoms with Crippen LogP contribution in [0, 0.1) is 23.2 Å². The van der Waals surface area contributed by atoms with Crippen LogP contribution < -0.4 is 0 Å². The summed E-state index contributed by atoms with van der Waals surface area (Å²) in [6.07, 6.45) is 5.51. The molecule has 0 aliphatic heterocycles. The molecule has 0 amide bonds. The van der Waals surface area contributed by atoms with Gasteiger partial charge in [-0.3, -0.25) is 0 Å². The Balaban J connectivity index is 0.00000192. The Bertz CT molecular complexity index is 517. The number of hydrogen-bond donors (Lipinski definition) is 0. The van der Waals surface area contributed by atoms with E-state index in [1.807, 2.05) is 0 Å². The van der Waals surface area contributed by atoms with Crippen molar-refractivity contribution in [1.29, 1.82) is 0 Å². The maximum absolute atomic E-state index is 2.44. The Hall–Kier alpha value is -0.530. The van der Waals surface area contributed by atoms with Gasteiger partial charge >= 0.3 is 0 Å². The monoisotopic (exact) mass is 335 g/mol. The number of fused-ring (bicyclic) bond motifs is 3. The van der Waals surface area contributed by atoms with E-state index in [4.69, 9.17) is 0 Å². The number of aryl methyl sites for hydroxylation is 1. The van der Waals surface area contributed by atoms with Crippen LogP contribution >= 0.6 is 12.4 Å². The number of nitrogens with zero attached hydrogens (tertiary/aromatic N) is 1. The quantitative estimate of drug-likeness (QED) is 0.700. The molecule has 130 valence electrons. The molecule has 1 aromatic rings. The fourth-order valence-corrected chi connectivity index (χ4v) is 5.07. The van der Waals surface area contributed by atoms with Crippen LogP contribution in [0.5, 0.6) is 0 Å². The van der Waals surface area contributed by atoms with Gasteiger partial charge in [0.1, 0.15) is 0 Å². The van der Waals surface area contributed by atoms with Crippen LogP contribution in [0.1, 0.15) is 57.1 Å². The molecule has 0 N–H and O–H groups in total. The Labute approximate surface area is 149 Å². The number of hydrogen-bond acceptors (Lipinski definition) is 1. The van der Waals surface area contributed by atoms with Crippen molar-refractivity contribution in [1.82, 2.24) is 4.90 Å². The molecule has 0 spiro atoms. The predicted octanol–water partition coefficient (Wildman–Crippen LogP) is 5.39. The summed E-state index contributed by atoms with van der Waals surface area (Å²) in [5.74, 6) is 3.42. The zero-order valence-electron chi connectivity index (χ0n) is 15.5. The summed E-state index contributed by atoms with van der Waals surface area (Å²) in [6.45, 7) is 8.59. The summed E-state index contributed by atoms with van der Waals surface area (Å²) in [7, 11) is 4.49. The zero-order chi connectivity index (χ0) is 15.9. The van der Waals surface area contributed by atoms with Gasteiger partial charge in [0.05, 0.1) is 0 Å². The largest absolute Gasteiger partial charge is 0.309 e. The van der Waals surface area contributed by atoms with Crippen LogP contribution in [-0.4, -0.2) is 25.5 Å². The highest BCUT2D eigenvalue weighted by atomic mass is 35.5. The van der Waals surface area contributed by atoms with Crippen LogP contribution in [0.2, 0.25) is 0 Å². The molecule has 1 saturated carbocycles. The van der Waals surface area contributed by atoms with Crippen molar-refractivity contribution in [3.8, 4) is 0 Å². The minimum atomic E-state index is 0. The van der Waals surface area contributed by atoms with Crippen LogP contribution in [0.25, 0.3) is 0 Å². The lowest BCUT2D eigenvalue weighted by atomic mass is 9.56. The number of rotatable bonds is 2. The highest BCUT2D eigenvalue weighted by molar-refractivity contribution is 5.85. The van der Waals surface area contributed by atoms with E-state index in [1.54, 1.807) is 11.1 Å². The lowest BCUT2D eigenvalue weighted by Gasteiger charge is -2.49. The molecule has 2 heteroatoms. The zero-order valence-corrected chi connectivity index (χ0v) is 16.3. The average molecular weight is 336 g/mol. The van der Waals surface area contributed by atoms with Crippen molar-refractivity contribution in [2.75, 3.05) is 20.6 Å². The van der Waals surface area contributed by atoms with Crippen molar-refractivity contribution in [2.24, 2.45) is 23.2 Å². The van der Waals surface area contributed by atoms with E-state index in [-0.39, 0.29) is 12.4 Å². The molecule has 1 nitrogen and oxygen atoms in total. The molecule has 1 fully saturated rings. The van der Waals surface area contributed by atoms with Crippen molar-refractivity contribution in [3.05, 3.63) is 35.4 Å². The third-order valence-corrected chi connectivity index (χ3v) is 6.27. The van der Waals surface area contributed by atoms with Gasteiger partial charge in [-0.15, -0.1) is 12.4 Å². The molecule has 0 aromatic heterocycles. The van der Waals surface area contributed by atoms with Gasteiger partial charge in [0.2, 0.25) is 0 Å². The fraction of sp³-hybridized carbons (Fsp3) is 0.714. The first-order valence-electron chi connectivity index (χ1n) is 9.09. The Morgan fingerprint density at radius 3 is 2.43 bits per heavy atom. The lowest BCUT2D eigenvalue weighted by Crippen LogP contribution is -2.42.